The van der Waals surface area contributed by atoms with Gasteiger partial charge < -0.3 is 10.2 Å². The van der Waals surface area contributed by atoms with Crippen molar-refractivity contribution in [3.8, 4) is 0 Å². The summed E-state index contributed by atoms with van der Waals surface area (Å²) in [5, 5.41) is 3.81. The van der Waals surface area contributed by atoms with Crippen LogP contribution in [-0.2, 0) is 26.2 Å². The number of halogens is 2. The number of anilines is 1. The molecule has 0 aliphatic rings. The van der Waals surface area contributed by atoms with Crippen molar-refractivity contribution in [1.82, 2.24) is 10.2 Å². The van der Waals surface area contributed by atoms with E-state index in [1.54, 1.807) is 42.5 Å². The third-order valence-corrected chi connectivity index (χ3v) is 7.55. The fourth-order valence-corrected chi connectivity index (χ4v) is 5.29. The minimum atomic E-state index is -3.53. The number of hydrogen-bond donors (Lipinski definition) is 1. The third kappa shape index (κ3) is 8.98. The number of amides is 2. The fourth-order valence-electron chi connectivity index (χ4n) is 3.86. The van der Waals surface area contributed by atoms with Crippen molar-refractivity contribution in [2.45, 2.75) is 58.5 Å². The van der Waals surface area contributed by atoms with Gasteiger partial charge in [0.25, 0.3) is 0 Å². The van der Waals surface area contributed by atoms with Crippen molar-refractivity contribution >= 4 is 50.7 Å². The minimum Gasteiger partial charge on any atom is -0.354 e. The zero-order chi connectivity index (χ0) is 26.7. The van der Waals surface area contributed by atoms with Crippen molar-refractivity contribution in [3.05, 3.63) is 64.1 Å². The number of benzene rings is 2. The predicted molar refractivity (Wildman–Crippen MR) is 147 cm³/mol. The molecule has 2 aromatic carbocycles. The smallest absolute Gasteiger partial charge is 0.242 e. The van der Waals surface area contributed by atoms with Crippen LogP contribution < -0.4 is 9.62 Å². The molecule has 0 bridgehead atoms. The van der Waals surface area contributed by atoms with Crippen LogP contribution in [0.3, 0.4) is 0 Å². The maximum absolute atomic E-state index is 13.4. The Morgan fingerprint density at radius 3 is 2.31 bits per heavy atom. The van der Waals surface area contributed by atoms with Gasteiger partial charge in [-0.1, -0.05) is 67.7 Å². The Bertz CT molecular complexity index is 1110. The Morgan fingerprint density at radius 2 is 1.72 bits per heavy atom. The molecule has 0 unspecified atom stereocenters. The van der Waals surface area contributed by atoms with Crippen LogP contribution in [-0.4, -0.2) is 50.5 Å². The van der Waals surface area contributed by atoms with Gasteiger partial charge in [-0.05, 0) is 49.1 Å². The number of para-hydroxylation sites is 1. The van der Waals surface area contributed by atoms with Gasteiger partial charge in [-0.25, -0.2) is 8.42 Å². The maximum atomic E-state index is 13.4. The summed E-state index contributed by atoms with van der Waals surface area (Å²) < 4.78 is 26.0. The zero-order valence-electron chi connectivity index (χ0n) is 21.0. The first kappa shape index (κ1) is 29.9. The van der Waals surface area contributed by atoms with Gasteiger partial charge >= 0.3 is 0 Å². The summed E-state index contributed by atoms with van der Waals surface area (Å²) in [5.41, 5.74) is 1.22. The molecule has 2 aromatic rings. The first-order chi connectivity index (χ1) is 17.1. The monoisotopic (exact) mass is 555 g/mol. The van der Waals surface area contributed by atoms with Crippen LogP contribution in [0.15, 0.2) is 48.5 Å². The van der Waals surface area contributed by atoms with E-state index in [2.05, 4.69) is 5.32 Å². The largest absolute Gasteiger partial charge is 0.354 e. The topological polar surface area (TPSA) is 86.8 Å². The second-order valence-electron chi connectivity index (χ2n) is 8.60. The van der Waals surface area contributed by atoms with Gasteiger partial charge in [0.05, 0.1) is 11.9 Å². The van der Waals surface area contributed by atoms with Gasteiger partial charge in [-0.15, -0.1) is 0 Å². The van der Waals surface area contributed by atoms with Gasteiger partial charge in [-0.2, -0.15) is 0 Å². The van der Waals surface area contributed by atoms with E-state index in [4.69, 9.17) is 23.2 Å². The molecule has 0 aliphatic carbocycles. The van der Waals surface area contributed by atoms with Gasteiger partial charge in [0, 0.05) is 36.1 Å². The molecule has 0 radical (unpaired) electrons. The van der Waals surface area contributed by atoms with E-state index < -0.39 is 16.1 Å². The van der Waals surface area contributed by atoms with Crippen molar-refractivity contribution in [3.63, 3.8) is 0 Å². The summed E-state index contributed by atoms with van der Waals surface area (Å²) in [6, 6.07) is 13.1. The van der Waals surface area contributed by atoms with E-state index in [1.807, 2.05) is 19.9 Å². The summed E-state index contributed by atoms with van der Waals surface area (Å²) in [6.45, 7) is 4.72. The first-order valence-electron chi connectivity index (χ1n) is 12.1. The van der Waals surface area contributed by atoms with Crippen LogP contribution >= 0.6 is 23.2 Å². The van der Waals surface area contributed by atoms with E-state index in [1.165, 1.54) is 9.21 Å². The lowest BCUT2D eigenvalue weighted by atomic mass is 10.1. The average Bonchev–Trinajstić information content (AvgIpc) is 2.82. The molecule has 0 heterocycles. The first-order valence-corrected chi connectivity index (χ1v) is 14.7. The number of nitrogens with zero attached hydrogens (tertiary/aromatic N) is 2. The molecule has 0 saturated carbocycles. The number of rotatable bonds is 14. The lowest BCUT2D eigenvalue weighted by molar-refractivity contribution is -0.141. The molecule has 0 aromatic heterocycles. The fraction of sp³-hybridized carbons (Fsp3) is 0.462. The standard InChI is InChI=1S/C26H35Cl2N3O4S/c1-4-6-16-29-26(33)24(5-2)30(19-20-14-15-21(27)18-23(20)28)25(32)13-10-17-31(36(3,34)35)22-11-8-7-9-12-22/h7-9,11-12,14-15,18,24H,4-6,10,13,16-17,19H2,1-3H3,(H,29,33)/t24-/m0/s1. The van der Waals surface area contributed by atoms with Crippen LogP contribution in [0.5, 0.6) is 0 Å². The molecule has 7 nitrogen and oxygen atoms in total. The molecule has 0 fully saturated rings. The summed E-state index contributed by atoms with van der Waals surface area (Å²) in [4.78, 5) is 27.9. The number of carbonyl (C=O) groups excluding carboxylic acids is 2. The summed E-state index contributed by atoms with van der Waals surface area (Å²) in [7, 11) is -3.53. The van der Waals surface area contributed by atoms with Gasteiger partial charge in [-0.3, -0.25) is 13.9 Å². The van der Waals surface area contributed by atoms with Crippen molar-refractivity contribution in [1.29, 1.82) is 0 Å². The maximum Gasteiger partial charge on any atom is 0.242 e. The molecule has 0 aliphatic heterocycles. The zero-order valence-corrected chi connectivity index (χ0v) is 23.4. The average molecular weight is 557 g/mol. The highest BCUT2D eigenvalue weighted by Gasteiger charge is 2.29. The Kier molecular flexibility index (Phi) is 12.0. The Balaban J connectivity index is 2.21. The molecular weight excluding hydrogens is 521 g/mol. The number of unbranched alkanes of at least 4 members (excludes halogenated alkanes) is 1. The SMILES string of the molecule is CCCCNC(=O)[C@H](CC)N(Cc1ccc(Cl)cc1Cl)C(=O)CCCN(c1ccccc1)S(C)(=O)=O. The molecule has 36 heavy (non-hydrogen) atoms. The number of sulfonamides is 1. The van der Waals surface area contributed by atoms with Crippen LogP contribution in [0.1, 0.15) is 51.5 Å². The number of hydrogen-bond acceptors (Lipinski definition) is 4. The van der Waals surface area contributed by atoms with Gasteiger partial charge in [0.15, 0.2) is 0 Å². The Morgan fingerprint density at radius 1 is 1.03 bits per heavy atom. The van der Waals surface area contributed by atoms with Crippen LogP contribution in [0.4, 0.5) is 5.69 Å². The van der Waals surface area contributed by atoms with Gasteiger partial charge in [0.2, 0.25) is 21.8 Å². The normalized spacial score (nSPS) is 12.1. The number of nitrogens with one attached hydrogen (secondary N) is 1. The molecule has 198 valence electrons. The lowest BCUT2D eigenvalue weighted by Gasteiger charge is -2.31. The number of carbonyl (C=O) groups is 2. The Hall–Kier alpha value is -2.29. The predicted octanol–water partition coefficient (Wildman–Crippen LogP) is 5.26. The van der Waals surface area contributed by atoms with E-state index in [-0.39, 0.29) is 31.3 Å². The second kappa shape index (κ2) is 14.4. The third-order valence-electron chi connectivity index (χ3n) is 5.77. The molecule has 1 atom stereocenters. The second-order valence-corrected chi connectivity index (χ2v) is 11.4. The molecule has 10 heteroatoms. The molecule has 2 amide bonds. The van der Waals surface area contributed by atoms with Crippen molar-refractivity contribution in [2.24, 2.45) is 0 Å². The van der Waals surface area contributed by atoms with Gasteiger partial charge in [0.1, 0.15) is 6.04 Å². The molecule has 0 spiro atoms. The van der Waals surface area contributed by atoms with E-state index >= 15 is 0 Å². The van der Waals surface area contributed by atoms with Crippen LogP contribution in [0, 0.1) is 0 Å². The highest BCUT2D eigenvalue weighted by atomic mass is 35.5. The lowest BCUT2D eigenvalue weighted by Crippen LogP contribution is -2.49. The summed E-state index contributed by atoms with van der Waals surface area (Å²) in [5.74, 6) is -0.466. The van der Waals surface area contributed by atoms with E-state index in [0.29, 0.717) is 40.7 Å². The van der Waals surface area contributed by atoms with Crippen molar-refractivity contribution < 1.29 is 18.0 Å². The summed E-state index contributed by atoms with van der Waals surface area (Å²) >= 11 is 12.4. The van der Waals surface area contributed by atoms with Crippen LogP contribution in [0.2, 0.25) is 10.0 Å². The molecule has 0 saturated heterocycles. The van der Waals surface area contributed by atoms with E-state index in [0.717, 1.165) is 19.1 Å². The van der Waals surface area contributed by atoms with Crippen molar-refractivity contribution in [2.75, 3.05) is 23.7 Å². The quantitative estimate of drug-likeness (QED) is 0.322. The minimum absolute atomic E-state index is 0.0722. The summed E-state index contributed by atoms with van der Waals surface area (Å²) in [6.07, 6.45) is 3.72. The molecule has 2 rings (SSSR count). The highest BCUT2D eigenvalue weighted by Crippen LogP contribution is 2.24. The molecule has 1 N–H and O–H groups in total. The van der Waals surface area contributed by atoms with E-state index in [9.17, 15) is 18.0 Å². The Labute approximate surface area is 224 Å². The van der Waals surface area contributed by atoms with Crippen LogP contribution in [0.25, 0.3) is 0 Å². The molecular formula is C26H35Cl2N3O4S. The highest BCUT2D eigenvalue weighted by molar-refractivity contribution is 7.92.